The number of aromatic nitrogens is 5. The predicted octanol–water partition coefficient (Wildman–Crippen LogP) is 3.83. The molecule has 1 aliphatic rings. The van der Waals surface area contributed by atoms with Crippen molar-refractivity contribution >= 4 is 0 Å². The number of rotatable bonds is 5. The van der Waals surface area contributed by atoms with Crippen LogP contribution < -0.4 is 0 Å². The molecule has 0 radical (unpaired) electrons. The Morgan fingerprint density at radius 3 is 2.70 bits per heavy atom. The molecule has 1 aromatic carbocycles. The molecule has 4 aromatic rings. The predicted molar refractivity (Wildman–Crippen MR) is 109 cm³/mol. The first-order valence-electron chi connectivity index (χ1n) is 9.90. The summed E-state index contributed by atoms with van der Waals surface area (Å²) < 4.78 is 20.6. The van der Waals surface area contributed by atoms with Crippen molar-refractivity contribution in [3.63, 3.8) is 0 Å². The first-order valence-corrected chi connectivity index (χ1v) is 9.90. The zero-order valence-electron chi connectivity index (χ0n) is 16.5. The molecule has 2 unspecified atom stereocenters. The van der Waals surface area contributed by atoms with Gasteiger partial charge in [0.25, 0.3) is 0 Å². The molecular formula is C22H21FN6O. The van der Waals surface area contributed by atoms with Gasteiger partial charge in [0, 0.05) is 37.5 Å². The van der Waals surface area contributed by atoms with Crippen LogP contribution in [0, 0.1) is 11.7 Å². The molecule has 0 bridgehead atoms. The smallest absolute Gasteiger partial charge is 0.124 e. The molecular weight excluding hydrogens is 383 g/mol. The Morgan fingerprint density at radius 1 is 1.10 bits per heavy atom. The van der Waals surface area contributed by atoms with Crippen molar-refractivity contribution in [3.8, 4) is 22.6 Å². The number of imidazole rings is 1. The van der Waals surface area contributed by atoms with Gasteiger partial charge in [-0.25, -0.2) is 19.3 Å². The first-order chi connectivity index (χ1) is 14.7. The highest BCUT2D eigenvalue weighted by Crippen LogP contribution is 2.37. The van der Waals surface area contributed by atoms with Crippen LogP contribution in [0.25, 0.3) is 22.6 Å². The standard InChI is InChI=1S/C22H21FN6O/c1-15-10-28(11-18-7-9-30-27-18)12-20(15)29-14-26-21(16-2-4-17(23)5-3-16)22(29)19-6-8-24-13-25-19/h2-9,13-15,20H,10-12H2,1H3. The Bertz CT molecular complexity index is 1110. The third kappa shape index (κ3) is 3.50. The fourth-order valence-electron chi connectivity index (χ4n) is 4.20. The van der Waals surface area contributed by atoms with Gasteiger partial charge in [-0.3, -0.25) is 4.90 Å². The van der Waals surface area contributed by atoms with Crippen molar-refractivity contribution in [2.24, 2.45) is 5.92 Å². The highest BCUT2D eigenvalue weighted by atomic mass is 19.1. The average molecular weight is 404 g/mol. The fourth-order valence-corrected chi connectivity index (χ4v) is 4.20. The normalized spacial score (nSPS) is 19.4. The van der Waals surface area contributed by atoms with Crippen molar-refractivity contribution in [2.45, 2.75) is 19.5 Å². The van der Waals surface area contributed by atoms with Crippen LogP contribution in [0.5, 0.6) is 0 Å². The lowest BCUT2D eigenvalue weighted by atomic mass is 10.0. The third-order valence-electron chi connectivity index (χ3n) is 5.62. The summed E-state index contributed by atoms with van der Waals surface area (Å²) in [4.78, 5) is 15.6. The molecule has 3 aromatic heterocycles. The van der Waals surface area contributed by atoms with E-state index in [9.17, 15) is 4.39 Å². The number of hydrogen-bond donors (Lipinski definition) is 0. The van der Waals surface area contributed by atoms with Crippen LogP contribution in [0.4, 0.5) is 4.39 Å². The van der Waals surface area contributed by atoms with Gasteiger partial charge in [-0.15, -0.1) is 0 Å². The second-order valence-corrected chi connectivity index (χ2v) is 7.68. The van der Waals surface area contributed by atoms with E-state index >= 15 is 0 Å². The van der Waals surface area contributed by atoms with Crippen molar-refractivity contribution in [1.82, 2.24) is 29.6 Å². The molecule has 152 valence electrons. The molecule has 0 saturated carbocycles. The minimum absolute atomic E-state index is 0.226. The maximum absolute atomic E-state index is 13.5. The van der Waals surface area contributed by atoms with Crippen molar-refractivity contribution in [3.05, 3.63) is 73.0 Å². The molecule has 7 nitrogen and oxygen atoms in total. The van der Waals surface area contributed by atoms with Gasteiger partial charge < -0.3 is 9.09 Å². The molecule has 30 heavy (non-hydrogen) atoms. The fraction of sp³-hybridized carbons (Fsp3) is 0.273. The van der Waals surface area contributed by atoms with E-state index in [1.165, 1.54) is 18.5 Å². The summed E-state index contributed by atoms with van der Waals surface area (Å²) in [6.45, 7) is 4.81. The highest BCUT2D eigenvalue weighted by Gasteiger charge is 2.33. The van der Waals surface area contributed by atoms with E-state index in [4.69, 9.17) is 9.51 Å². The molecule has 0 amide bonds. The van der Waals surface area contributed by atoms with Gasteiger partial charge in [-0.05, 0) is 36.2 Å². The molecule has 0 aliphatic carbocycles. The van der Waals surface area contributed by atoms with Gasteiger partial charge in [0.15, 0.2) is 0 Å². The Balaban J connectivity index is 1.53. The maximum atomic E-state index is 13.5. The summed E-state index contributed by atoms with van der Waals surface area (Å²) in [7, 11) is 0. The van der Waals surface area contributed by atoms with Gasteiger partial charge in [0.1, 0.15) is 18.4 Å². The van der Waals surface area contributed by atoms with Crippen LogP contribution in [-0.4, -0.2) is 42.7 Å². The Hall–Kier alpha value is -3.39. The second kappa shape index (κ2) is 7.79. The molecule has 0 N–H and O–H groups in total. The van der Waals surface area contributed by atoms with Crippen LogP contribution in [0.1, 0.15) is 18.7 Å². The van der Waals surface area contributed by atoms with Gasteiger partial charge in [-0.2, -0.15) is 0 Å². The van der Waals surface area contributed by atoms with Gasteiger partial charge >= 0.3 is 0 Å². The highest BCUT2D eigenvalue weighted by molar-refractivity contribution is 5.76. The average Bonchev–Trinajstić information content (AvgIpc) is 3.49. The lowest BCUT2D eigenvalue weighted by molar-refractivity contribution is 0.299. The number of likely N-dealkylation sites (tertiary alicyclic amines) is 1. The van der Waals surface area contributed by atoms with Crippen LogP contribution in [0.15, 0.2) is 66.0 Å². The zero-order chi connectivity index (χ0) is 20.5. The van der Waals surface area contributed by atoms with E-state index in [2.05, 4.69) is 31.5 Å². The van der Waals surface area contributed by atoms with Crippen molar-refractivity contribution in [2.75, 3.05) is 13.1 Å². The van der Waals surface area contributed by atoms with Gasteiger partial charge in [0.05, 0.1) is 35.1 Å². The van der Waals surface area contributed by atoms with E-state index in [0.717, 1.165) is 48.0 Å². The topological polar surface area (TPSA) is 72.9 Å². The SMILES string of the molecule is CC1CN(Cc2ccon2)CC1n1cnc(-c2ccc(F)cc2)c1-c1ccncn1. The summed E-state index contributed by atoms with van der Waals surface area (Å²) in [5, 5.41) is 4.04. The molecule has 1 saturated heterocycles. The van der Waals surface area contributed by atoms with Gasteiger partial charge in [0.2, 0.25) is 0 Å². The second-order valence-electron chi connectivity index (χ2n) is 7.68. The molecule has 8 heteroatoms. The third-order valence-corrected chi connectivity index (χ3v) is 5.62. The summed E-state index contributed by atoms with van der Waals surface area (Å²) in [5.74, 6) is 0.141. The molecule has 1 aliphatic heterocycles. The monoisotopic (exact) mass is 404 g/mol. The van der Waals surface area contributed by atoms with Crippen LogP contribution in [0.2, 0.25) is 0 Å². The maximum Gasteiger partial charge on any atom is 0.124 e. The lowest BCUT2D eigenvalue weighted by Crippen LogP contribution is -2.21. The van der Waals surface area contributed by atoms with E-state index in [-0.39, 0.29) is 11.9 Å². The summed E-state index contributed by atoms with van der Waals surface area (Å²) in [6.07, 6.45) is 6.74. The summed E-state index contributed by atoms with van der Waals surface area (Å²) >= 11 is 0. The molecule has 2 atom stereocenters. The Morgan fingerprint density at radius 2 is 1.97 bits per heavy atom. The largest absolute Gasteiger partial charge is 0.364 e. The minimum atomic E-state index is -0.269. The Kier molecular flexibility index (Phi) is 4.84. The molecule has 1 fully saturated rings. The number of halogens is 1. The van der Waals surface area contributed by atoms with Crippen molar-refractivity contribution in [1.29, 1.82) is 0 Å². The summed E-state index contributed by atoms with van der Waals surface area (Å²) in [6, 6.07) is 10.4. The van der Waals surface area contributed by atoms with E-state index in [1.54, 1.807) is 24.6 Å². The van der Waals surface area contributed by atoms with Gasteiger partial charge in [-0.1, -0.05) is 12.1 Å². The Labute approximate surface area is 173 Å². The van der Waals surface area contributed by atoms with Crippen LogP contribution >= 0.6 is 0 Å². The molecule has 5 rings (SSSR count). The summed E-state index contributed by atoms with van der Waals surface area (Å²) in [5.41, 5.74) is 4.29. The van der Waals surface area contributed by atoms with E-state index < -0.39 is 0 Å². The zero-order valence-corrected chi connectivity index (χ0v) is 16.5. The minimum Gasteiger partial charge on any atom is -0.364 e. The quantitative estimate of drug-likeness (QED) is 0.503. The van der Waals surface area contributed by atoms with Crippen LogP contribution in [0.3, 0.4) is 0 Å². The lowest BCUT2D eigenvalue weighted by Gasteiger charge is -2.20. The first kappa shape index (κ1) is 18.6. The van der Waals surface area contributed by atoms with Crippen LogP contribution in [-0.2, 0) is 6.54 Å². The van der Waals surface area contributed by atoms with E-state index in [0.29, 0.717) is 5.92 Å². The molecule has 0 spiro atoms. The van der Waals surface area contributed by atoms with Crippen molar-refractivity contribution < 1.29 is 8.91 Å². The number of hydrogen-bond acceptors (Lipinski definition) is 6. The van der Waals surface area contributed by atoms with E-state index in [1.807, 2.05) is 18.5 Å². The number of nitrogens with zero attached hydrogens (tertiary/aromatic N) is 6. The number of benzene rings is 1. The molecule has 4 heterocycles.